The highest BCUT2D eigenvalue weighted by atomic mass is 16.6. The van der Waals surface area contributed by atoms with E-state index < -0.39 is 22.8 Å². The second-order valence-electron chi connectivity index (χ2n) is 9.04. The number of hydrogen-bond acceptors (Lipinski definition) is 7. The van der Waals surface area contributed by atoms with E-state index in [9.17, 15) is 14.4 Å². The lowest BCUT2D eigenvalue weighted by molar-refractivity contribution is -0.158. The fourth-order valence-electron chi connectivity index (χ4n) is 3.74. The maximum Gasteiger partial charge on any atom is 0.349 e. The predicted octanol–water partition coefficient (Wildman–Crippen LogP) is 2.49. The molecule has 0 N–H and O–H groups in total. The molecule has 0 aliphatic rings. The summed E-state index contributed by atoms with van der Waals surface area (Å²) in [5.74, 6) is 0.382. The summed E-state index contributed by atoms with van der Waals surface area (Å²) in [6.07, 6.45) is 1.37. The van der Waals surface area contributed by atoms with Crippen molar-refractivity contribution in [2.75, 3.05) is 24.6 Å². The van der Waals surface area contributed by atoms with Gasteiger partial charge in [0.1, 0.15) is 5.75 Å². The largest absolute Gasteiger partial charge is 0.476 e. The Labute approximate surface area is 210 Å². The number of aromatic nitrogens is 3. The summed E-state index contributed by atoms with van der Waals surface area (Å²) in [6, 6.07) is 17.5. The highest BCUT2D eigenvalue weighted by Gasteiger charge is 2.31. The van der Waals surface area contributed by atoms with E-state index in [-0.39, 0.29) is 5.82 Å². The van der Waals surface area contributed by atoms with Crippen molar-refractivity contribution in [2.24, 2.45) is 14.1 Å². The zero-order valence-corrected chi connectivity index (χ0v) is 21.6. The molecule has 36 heavy (non-hydrogen) atoms. The third-order valence-corrected chi connectivity index (χ3v) is 5.85. The Morgan fingerprint density at radius 3 is 2.11 bits per heavy atom. The molecular formula is C27H34N4O5. The number of rotatable bonds is 11. The zero-order valence-electron chi connectivity index (χ0n) is 21.6. The normalized spacial score (nSPS) is 11.2. The van der Waals surface area contributed by atoms with Crippen LogP contribution in [0.15, 0.2) is 64.2 Å². The van der Waals surface area contributed by atoms with Crippen LogP contribution in [0.3, 0.4) is 0 Å². The van der Waals surface area contributed by atoms with Crippen LogP contribution in [0.2, 0.25) is 0 Å². The number of carbonyl (C=O) groups excluding carboxylic acids is 1. The number of ether oxygens (including phenoxy) is 2. The average Bonchev–Trinajstić information content (AvgIpc) is 2.87. The fraction of sp³-hybridized carbons (Fsp3) is 0.407. The highest BCUT2D eigenvalue weighted by Crippen LogP contribution is 2.21. The molecule has 0 radical (unpaired) electrons. The lowest BCUT2D eigenvalue weighted by Crippen LogP contribution is -2.44. The molecule has 0 atom stereocenters. The number of benzene rings is 2. The summed E-state index contributed by atoms with van der Waals surface area (Å²) in [7, 11) is 3.00. The van der Waals surface area contributed by atoms with Crippen molar-refractivity contribution in [2.45, 2.75) is 39.2 Å². The van der Waals surface area contributed by atoms with Gasteiger partial charge in [0.05, 0.1) is 6.61 Å². The Bertz CT molecular complexity index is 1280. The topological polar surface area (TPSA) is 95.7 Å². The van der Waals surface area contributed by atoms with Gasteiger partial charge in [0, 0.05) is 27.2 Å². The molecule has 3 aromatic rings. The summed E-state index contributed by atoms with van der Waals surface area (Å²) in [5, 5.41) is 4.28. The molecule has 192 valence electrons. The molecule has 3 rings (SSSR count). The van der Waals surface area contributed by atoms with Crippen LogP contribution in [0.25, 0.3) is 0 Å². The van der Waals surface area contributed by atoms with Gasteiger partial charge in [0.25, 0.3) is 5.56 Å². The molecule has 0 aliphatic heterocycles. The molecule has 0 aliphatic carbocycles. The third kappa shape index (κ3) is 6.62. The number of aryl methyl sites for hydroxylation is 1. The molecule has 0 amide bonds. The molecule has 0 fully saturated rings. The van der Waals surface area contributed by atoms with Crippen molar-refractivity contribution >= 4 is 11.8 Å². The van der Waals surface area contributed by atoms with Crippen LogP contribution in [0, 0.1) is 0 Å². The molecule has 0 saturated heterocycles. The highest BCUT2D eigenvalue weighted by molar-refractivity contribution is 5.79. The standard InChI is InChI=1S/C27H34N4O5/c1-6-35-25(33)27(2,3)36-22-14-12-21(13-15-22)17-19-31(18-16-20-10-8-7-9-11-20)23-24(32)29(4)26(34)30(5)28-23/h7-15H,6,16-19H2,1-5H3. The summed E-state index contributed by atoms with van der Waals surface area (Å²) >= 11 is 0. The van der Waals surface area contributed by atoms with E-state index in [2.05, 4.69) is 5.10 Å². The van der Waals surface area contributed by atoms with Crippen LogP contribution in [-0.2, 0) is 36.5 Å². The quantitative estimate of drug-likeness (QED) is 0.378. The lowest BCUT2D eigenvalue weighted by atomic mass is 10.1. The minimum atomic E-state index is -1.10. The molecule has 9 nitrogen and oxygen atoms in total. The van der Waals surface area contributed by atoms with Crippen molar-refractivity contribution in [3.05, 3.63) is 86.6 Å². The van der Waals surface area contributed by atoms with Crippen LogP contribution >= 0.6 is 0 Å². The Morgan fingerprint density at radius 2 is 1.53 bits per heavy atom. The first kappa shape index (κ1) is 26.7. The number of nitrogens with zero attached hydrogens (tertiary/aromatic N) is 4. The van der Waals surface area contributed by atoms with E-state index in [0.717, 1.165) is 22.1 Å². The van der Waals surface area contributed by atoms with E-state index >= 15 is 0 Å². The third-order valence-electron chi connectivity index (χ3n) is 5.85. The van der Waals surface area contributed by atoms with Gasteiger partial charge in [-0.05, 0) is 56.9 Å². The van der Waals surface area contributed by atoms with Gasteiger partial charge in [-0.2, -0.15) is 0 Å². The molecule has 1 heterocycles. The van der Waals surface area contributed by atoms with Crippen molar-refractivity contribution in [3.63, 3.8) is 0 Å². The van der Waals surface area contributed by atoms with E-state index in [0.29, 0.717) is 31.9 Å². The Morgan fingerprint density at radius 1 is 0.944 bits per heavy atom. The molecule has 0 saturated carbocycles. The average molecular weight is 495 g/mol. The first-order chi connectivity index (χ1) is 17.1. The van der Waals surface area contributed by atoms with E-state index in [4.69, 9.17) is 9.47 Å². The molecule has 0 spiro atoms. The maximum absolute atomic E-state index is 12.9. The first-order valence-corrected chi connectivity index (χ1v) is 12.0. The van der Waals surface area contributed by atoms with E-state index in [1.807, 2.05) is 59.5 Å². The number of esters is 1. The van der Waals surface area contributed by atoms with Crippen molar-refractivity contribution in [1.82, 2.24) is 14.3 Å². The number of anilines is 1. The fourth-order valence-corrected chi connectivity index (χ4v) is 3.74. The van der Waals surface area contributed by atoms with Crippen molar-refractivity contribution < 1.29 is 14.3 Å². The Hall–Kier alpha value is -3.88. The Kier molecular flexibility index (Phi) is 8.68. The van der Waals surface area contributed by atoms with E-state index in [1.54, 1.807) is 20.8 Å². The number of hydrogen-bond donors (Lipinski definition) is 0. The van der Waals surface area contributed by atoms with Crippen LogP contribution in [0.5, 0.6) is 5.75 Å². The second kappa shape index (κ2) is 11.7. The van der Waals surface area contributed by atoms with Crippen LogP contribution in [-0.4, -0.2) is 45.6 Å². The van der Waals surface area contributed by atoms with Gasteiger partial charge in [-0.15, -0.1) is 5.10 Å². The number of carbonyl (C=O) groups is 1. The molecule has 9 heteroatoms. The SMILES string of the molecule is CCOC(=O)C(C)(C)Oc1ccc(CCN(CCc2ccccc2)c2nn(C)c(=O)n(C)c2=O)cc1. The van der Waals surface area contributed by atoms with Gasteiger partial charge in [0.2, 0.25) is 5.82 Å². The summed E-state index contributed by atoms with van der Waals surface area (Å²) in [6.45, 7) is 6.49. The molecule has 2 aromatic carbocycles. The van der Waals surface area contributed by atoms with Gasteiger partial charge in [-0.25, -0.2) is 14.3 Å². The van der Waals surface area contributed by atoms with Crippen LogP contribution in [0.4, 0.5) is 5.82 Å². The zero-order chi connectivity index (χ0) is 26.3. The predicted molar refractivity (Wildman–Crippen MR) is 139 cm³/mol. The van der Waals surface area contributed by atoms with Gasteiger partial charge < -0.3 is 14.4 Å². The smallest absolute Gasteiger partial charge is 0.349 e. The van der Waals surface area contributed by atoms with E-state index in [1.165, 1.54) is 18.8 Å². The molecule has 0 bridgehead atoms. The van der Waals surface area contributed by atoms with Crippen molar-refractivity contribution in [1.29, 1.82) is 0 Å². The molecular weight excluding hydrogens is 460 g/mol. The van der Waals surface area contributed by atoms with Crippen molar-refractivity contribution in [3.8, 4) is 5.75 Å². The van der Waals surface area contributed by atoms with Gasteiger partial charge in [-0.3, -0.25) is 9.36 Å². The minimum Gasteiger partial charge on any atom is -0.476 e. The van der Waals surface area contributed by atoms with Gasteiger partial charge >= 0.3 is 11.7 Å². The summed E-state index contributed by atoms with van der Waals surface area (Å²) in [5.41, 5.74) is 0.197. The molecule has 0 unspecified atom stereocenters. The Balaban J connectivity index is 1.76. The van der Waals surface area contributed by atoms with Crippen LogP contribution < -0.4 is 20.9 Å². The maximum atomic E-state index is 12.9. The van der Waals surface area contributed by atoms with Crippen LogP contribution in [0.1, 0.15) is 31.9 Å². The first-order valence-electron chi connectivity index (χ1n) is 12.0. The monoisotopic (exact) mass is 494 g/mol. The van der Waals surface area contributed by atoms with Gasteiger partial charge in [0.15, 0.2) is 5.60 Å². The lowest BCUT2D eigenvalue weighted by Gasteiger charge is -2.25. The minimum absolute atomic E-state index is 0.242. The van der Waals surface area contributed by atoms with Gasteiger partial charge in [-0.1, -0.05) is 42.5 Å². The summed E-state index contributed by atoms with van der Waals surface area (Å²) < 4.78 is 13.2. The second-order valence-corrected chi connectivity index (χ2v) is 9.04. The summed E-state index contributed by atoms with van der Waals surface area (Å²) in [4.78, 5) is 39.0. The molecule has 1 aromatic heterocycles.